The largest absolute Gasteiger partial charge is 0.313 e. The molecular weight excluding hydrogens is 593 g/mol. The van der Waals surface area contributed by atoms with Crippen molar-refractivity contribution in [2.24, 2.45) is 0 Å². The van der Waals surface area contributed by atoms with Crippen LogP contribution in [0.2, 0.25) is 0 Å². The molecule has 0 amide bonds. The zero-order chi connectivity index (χ0) is 32.5. The van der Waals surface area contributed by atoms with Crippen LogP contribution >= 0.6 is 0 Å². The maximum Gasteiger partial charge on any atom is 0.0548 e. The Kier molecular flexibility index (Phi) is 6.39. The molecule has 10 rings (SSSR count). The van der Waals surface area contributed by atoms with E-state index in [-0.39, 0.29) is 0 Å². The monoisotopic (exact) mass is 628 g/mol. The van der Waals surface area contributed by atoms with Crippen molar-refractivity contribution in [2.45, 2.75) is 32.1 Å². The molecule has 0 N–H and O–H groups in total. The highest BCUT2D eigenvalue weighted by molar-refractivity contribution is 6.22. The summed E-state index contributed by atoms with van der Waals surface area (Å²) in [5, 5.41) is 6.66. The molecule has 9 aromatic rings. The normalized spacial score (nSPS) is 14.6. The predicted octanol–water partition coefficient (Wildman–Crippen LogP) is 12.7. The first kappa shape index (κ1) is 28.2. The van der Waals surface area contributed by atoms with Gasteiger partial charge in [-0.15, -0.1) is 0 Å². The maximum atomic E-state index is 2.58. The second-order valence-corrected chi connectivity index (χ2v) is 13.7. The fraction of sp³-hybridized carbons (Fsp3) is 0.106. The minimum Gasteiger partial charge on any atom is -0.313 e. The van der Waals surface area contributed by atoms with Gasteiger partial charge in [-0.3, -0.25) is 0 Å². The Morgan fingerprint density at radius 3 is 2.02 bits per heavy atom. The smallest absolute Gasteiger partial charge is 0.0548 e. The van der Waals surface area contributed by atoms with Crippen molar-refractivity contribution >= 4 is 43.5 Å². The maximum absolute atomic E-state index is 2.58. The van der Waals surface area contributed by atoms with E-state index in [0.29, 0.717) is 5.92 Å². The van der Waals surface area contributed by atoms with Crippen LogP contribution in [-0.4, -0.2) is 9.13 Å². The molecule has 2 aromatic heterocycles. The van der Waals surface area contributed by atoms with E-state index in [1.54, 1.807) is 0 Å². The van der Waals surface area contributed by atoms with Crippen molar-refractivity contribution < 1.29 is 0 Å². The molecule has 1 aliphatic carbocycles. The summed E-state index contributed by atoms with van der Waals surface area (Å²) in [7, 11) is 0. The fourth-order valence-electron chi connectivity index (χ4n) is 8.71. The number of aromatic nitrogens is 2. The summed E-state index contributed by atoms with van der Waals surface area (Å²) in [5.74, 6) is 0.491. The lowest BCUT2D eigenvalue weighted by molar-refractivity contribution is 0.571. The molecule has 0 spiro atoms. The first-order chi connectivity index (χ1) is 24.2. The van der Waals surface area contributed by atoms with Gasteiger partial charge in [0, 0.05) is 33.2 Å². The molecule has 0 saturated carbocycles. The number of para-hydroxylation sites is 1. The third-order valence-corrected chi connectivity index (χ3v) is 10.9. The van der Waals surface area contributed by atoms with Gasteiger partial charge in [-0.25, -0.2) is 0 Å². The van der Waals surface area contributed by atoms with Crippen LogP contribution in [0.25, 0.3) is 77.1 Å². The SMILES string of the molecule is C[C@H]1CCCc2c1n(-c1ccc(-c3ccccc3)cc1)c1ccc3c(c4ccccc4n3-c3cccc(-c4cccc5ccccc45)c3)c21. The highest BCUT2D eigenvalue weighted by atomic mass is 15.0. The third kappa shape index (κ3) is 4.34. The molecule has 0 unspecified atom stereocenters. The van der Waals surface area contributed by atoms with Gasteiger partial charge < -0.3 is 9.13 Å². The topological polar surface area (TPSA) is 9.86 Å². The summed E-state index contributed by atoms with van der Waals surface area (Å²) in [6.45, 7) is 2.42. The first-order valence-corrected chi connectivity index (χ1v) is 17.6. The highest BCUT2D eigenvalue weighted by Gasteiger charge is 2.28. The third-order valence-electron chi connectivity index (χ3n) is 10.9. The van der Waals surface area contributed by atoms with Crippen molar-refractivity contribution in [3.8, 4) is 33.6 Å². The van der Waals surface area contributed by atoms with Crippen LogP contribution in [0, 0.1) is 0 Å². The summed E-state index contributed by atoms with van der Waals surface area (Å²) in [6.07, 6.45) is 3.56. The Balaban J connectivity index is 1.22. The molecule has 0 saturated heterocycles. The summed E-state index contributed by atoms with van der Waals surface area (Å²) in [4.78, 5) is 0. The summed E-state index contributed by atoms with van der Waals surface area (Å²) >= 11 is 0. The zero-order valence-corrected chi connectivity index (χ0v) is 27.6. The van der Waals surface area contributed by atoms with E-state index in [0.717, 1.165) is 6.42 Å². The number of hydrogen-bond donors (Lipinski definition) is 0. The van der Waals surface area contributed by atoms with E-state index in [1.165, 1.54) is 101 Å². The molecule has 2 nitrogen and oxygen atoms in total. The van der Waals surface area contributed by atoms with Crippen molar-refractivity contribution in [3.63, 3.8) is 0 Å². The molecular formula is C47H36N2. The van der Waals surface area contributed by atoms with Crippen LogP contribution < -0.4 is 0 Å². The highest BCUT2D eigenvalue weighted by Crippen LogP contribution is 2.46. The first-order valence-electron chi connectivity index (χ1n) is 17.6. The van der Waals surface area contributed by atoms with Gasteiger partial charge >= 0.3 is 0 Å². The van der Waals surface area contributed by atoms with Crippen LogP contribution in [0.1, 0.15) is 36.9 Å². The number of rotatable bonds is 4. The van der Waals surface area contributed by atoms with E-state index < -0.39 is 0 Å². The molecule has 1 atom stereocenters. The molecule has 234 valence electrons. The molecule has 0 bridgehead atoms. The van der Waals surface area contributed by atoms with Crippen LogP contribution in [-0.2, 0) is 6.42 Å². The Hall–Kier alpha value is -5.86. The van der Waals surface area contributed by atoms with Crippen molar-refractivity contribution in [3.05, 3.63) is 169 Å². The van der Waals surface area contributed by atoms with E-state index in [9.17, 15) is 0 Å². The number of benzene rings is 7. The van der Waals surface area contributed by atoms with Crippen LogP contribution in [0.4, 0.5) is 0 Å². The summed E-state index contributed by atoms with van der Waals surface area (Å²) in [6, 6.07) is 58.0. The molecule has 49 heavy (non-hydrogen) atoms. The average molecular weight is 629 g/mol. The fourth-order valence-corrected chi connectivity index (χ4v) is 8.71. The molecule has 2 heterocycles. The minimum absolute atomic E-state index is 0.491. The van der Waals surface area contributed by atoms with Gasteiger partial charge in [0.05, 0.1) is 16.6 Å². The van der Waals surface area contributed by atoms with Crippen molar-refractivity contribution in [1.82, 2.24) is 9.13 Å². The average Bonchev–Trinajstić information content (AvgIpc) is 3.69. The molecule has 1 aliphatic rings. The summed E-state index contributed by atoms with van der Waals surface area (Å²) in [5.41, 5.74) is 14.3. The van der Waals surface area contributed by atoms with Gasteiger partial charge in [-0.05, 0) is 106 Å². The lowest BCUT2D eigenvalue weighted by Gasteiger charge is -2.22. The van der Waals surface area contributed by atoms with Gasteiger partial charge in [0.1, 0.15) is 0 Å². The number of aryl methyl sites for hydroxylation is 1. The van der Waals surface area contributed by atoms with Gasteiger partial charge in [0.15, 0.2) is 0 Å². The minimum atomic E-state index is 0.491. The van der Waals surface area contributed by atoms with Gasteiger partial charge in [0.25, 0.3) is 0 Å². The Morgan fingerprint density at radius 2 is 1.16 bits per heavy atom. The molecule has 0 aliphatic heterocycles. The quantitative estimate of drug-likeness (QED) is 0.183. The Morgan fingerprint density at radius 1 is 0.490 bits per heavy atom. The van der Waals surface area contributed by atoms with E-state index >= 15 is 0 Å². The lowest BCUT2D eigenvalue weighted by Crippen LogP contribution is -2.10. The second kappa shape index (κ2) is 11.1. The Labute approximate surface area is 286 Å². The van der Waals surface area contributed by atoms with Crippen LogP contribution in [0.3, 0.4) is 0 Å². The molecule has 0 radical (unpaired) electrons. The van der Waals surface area contributed by atoms with Crippen LogP contribution in [0.5, 0.6) is 0 Å². The van der Waals surface area contributed by atoms with E-state index in [4.69, 9.17) is 0 Å². The van der Waals surface area contributed by atoms with E-state index in [2.05, 4.69) is 174 Å². The zero-order valence-electron chi connectivity index (χ0n) is 27.6. The number of hydrogen-bond acceptors (Lipinski definition) is 0. The van der Waals surface area contributed by atoms with Crippen molar-refractivity contribution in [1.29, 1.82) is 0 Å². The van der Waals surface area contributed by atoms with Gasteiger partial charge in [-0.2, -0.15) is 0 Å². The van der Waals surface area contributed by atoms with Crippen LogP contribution in [0.15, 0.2) is 158 Å². The standard InChI is InChI=1S/C47H36N2/c1-31-12-9-22-41-46-44(49(47(31)41)36-26-24-33(25-27-36)32-13-3-2-4-14-32)29-28-43-45(46)40-20-7-8-23-42(40)48(43)37-18-10-17-35(30-37)39-21-11-16-34-15-5-6-19-38(34)39/h2-8,10-11,13-21,23-31H,9,12,22H2,1H3/t31-/m0/s1. The Bertz CT molecular complexity index is 2680. The molecule has 2 heteroatoms. The predicted molar refractivity (Wildman–Crippen MR) is 207 cm³/mol. The lowest BCUT2D eigenvalue weighted by atomic mass is 9.87. The van der Waals surface area contributed by atoms with Gasteiger partial charge in [0.2, 0.25) is 0 Å². The number of fused-ring (bicyclic) bond motifs is 8. The number of nitrogens with zero attached hydrogens (tertiary/aromatic N) is 2. The molecule has 7 aromatic carbocycles. The molecule has 0 fully saturated rings. The van der Waals surface area contributed by atoms with E-state index in [1.807, 2.05) is 0 Å². The van der Waals surface area contributed by atoms with Crippen molar-refractivity contribution in [2.75, 3.05) is 0 Å². The summed E-state index contributed by atoms with van der Waals surface area (Å²) < 4.78 is 5.07. The second-order valence-electron chi connectivity index (χ2n) is 13.7. The van der Waals surface area contributed by atoms with Gasteiger partial charge in [-0.1, -0.05) is 122 Å².